The van der Waals surface area contributed by atoms with Crippen LogP contribution in [-0.2, 0) is 4.79 Å². The standard InChI is InChI=1S/C27H22FN5O2/c1-18-5-10-23(33-12-11-32(26(33)17-34)22-4-2-3-21(28)13-22)14-24(18)31-27-30-16-25(35-27)20-8-6-19(15-29)7-9-20/h2-10,13-14,16-17,26H,11-12H2,1H3,(H,30,31). The first-order chi connectivity index (χ1) is 17.1. The van der Waals surface area contributed by atoms with E-state index in [2.05, 4.69) is 16.4 Å². The van der Waals surface area contributed by atoms with Gasteiger partial charge in [0.1, 0.15) is 5.82 Å². The molecule has 1 aromatic heterocycles. The Balaban J connectivity index is 1.37. The molecule has 35 heavy (non-hydrogen) atoms. The van der Waals surface area contributed by atoms with Crippen molar-refractivity contribution < 1.29 is 13.6 Å². The monoisotopic (exact) mass is 467 g/mol. The van der Waals surface area contributed by atoms with E-state index in [0.717, 1.165) is 28.8 Å². The fourth-order valence-corrected chi connectivity index (χ4v) is 4.23. The van der Waals surface area contributed by atoms with Gasteiger partial charge in [0.15, 0.2) is 18.2 Å². The third-order valence-corrected chi connectivity index (χ3v) is 6.08. The number of carbonyl (C=O) groups is 1. The highest BCUT2D eigenvalue weighted by Gasteiger charge is 2.32. The van der Waals surface area contributed by atoms with Gasteiger partial charge in [-0.3, -0.25) is 4.79 Å². The van der Waals surface area contributed by atoms with E-state index >= 15 is 0 Å². The van der Waals surface area contributed by atoms with Crippen LogP contribution in [0.1, 0.15) is 11.1 Å². The van der Waals surface area contributed by atoms with Crippen molar-refractivity contribution in [2.45, 2.75) is 13.1 Å². The lowest BCUT2D eigenvalue weighted by molar-refractivity contribution is -0.108. The summed E-state index contributed by atoms with van der Waals surface area (Å²) in [6, 6.07) is 21.7. The Morgan fingerprint density at radius 3 is 2.51 bits per heavy atom. The first-order valence-corrected chi connectivity index (χ1v) is 11.1. The lowest BCUT2D eigenvalue weighted by atomic mass is 10.1. The molecule has 0 radical (unpaired) electrons. The highest BCUT2D eigenvalue weighted by Crippen LogP contribution is 2.32. The first kappa shape index (κ1) is 22.2. The number of carbonyl (C=O) groups excluding carboxylic acids is 1. The molecule has 2 heterocycles. The van der Waals surface area contributed by atoms with Crippen LogP contribution >= 0.6 is 0 Å². The molecule has 0 amide bonds. The zero-order valence-electron chi connectivity index (χ0n) is 19.0. The van der Waals surface area contributed by atoms with Gasteiger partial charge in [0.25, 0.3) is 6.01 Å². The summed E-state index contributed by atoms with van der Waals surface area (Å²) in [5.41, 5.74) is 4.70. The molecule has 5 rings (SSSR count). The van der Waals surface area contributed by atoms with Crippen LogP contribution in [-0.4, -0.2) is 30.5 Å². The zero-order valence-corrected chi connectivity index (χ0v) is 19.0. The van der Waals surface area contributed by atoms with Gasteiger partial charge < -0.3 is 19.5 Å². The van der Waals surface area contributed by atoms with Crippen LogP contribution in [0, 0.1) is 24.1 Å². The molecule has 8 heteroatoms. The molecule has 1 unspecified atom stereocenters. The molecule has 1 atom stereocenters. The molecular formula is C27H22FN5O2. The quantitative estimate of drug-likeness (QED) is 0.387. The Hall–Kier alpha value is -4.64. The molecule has 1 aliphatic rings. The molecule has 7 nitrogen and oxygen atoms in total. The second-order valence-corrected chi connectivity index (χ2v) is 8.26. The lowest BCUT2D eigenvalue weighted by Crippen LogP contribution is -2.40. The fraction of sp³-hybridized carbons (Fsp3) is 0.148. The predicted molar refractivity (Wildman–Crippen MR) is 132 cm³/mol. The van der Waals surface area contributed by atoms with E-state index in [1.807, 2.05) is 47.1 Å². The van der Waals surface area contributed by atoms with E-state index in [-0.39, 0.29) is 5.82 Å². The molecule has 0 saturated carbocycles. The number of nitriles is 1. The van der Waals surface area contributed by atoms with Crippen LogP contribution < -0.4 is 15.1 Å². The second-order valence-electron chi connectivity index (χ2n) is 8.26. The predicted octanol–water partition coefficient (Wildman–Crippen LogP) is 5.26. The van der Waals surface area contributed by atoms with Crippen LogP contribution in [0.5, 0.6) is 0 Å². The smallest absolute Gasteiger partial charge is 0.299 e. The van der Waals surface area contributed by atoms with Gasteiger partial charge >= 0.3 is 0 Å². The van der Waals surface area contributed by atoms with Gasteiger partial charge in [0, 0.05) is 35.7 Å². The molecule has 4 aromatic rings. The average Bonchev–Trinajstić information content (AvgIpc) is 3.53. The zero-order chi connectivity index (χ0) is 24.4. The largest absolute Gasteiger partial charge is 0.423 e. The van der Waals surface area contributed by atoms with Gasteiger partial charge in [0.2, 0.25) is 0 Å². The Morgan fingerprint density at radius 1 is 1.09 bits per heavy atom. The molecule has 1 saturated heterocycles. The van der Waals surface area contributed by atoms with Crippen molar-refractivity contribution in [3.63, 3.8) is 0 Å². The van der Waals surface area contributed by atoms with Gasteiger partial charge in [-0.25, -0.2) is 9.37 Å². The third-order valence-electron chi connectivity index (χ3n) is 6.08. The van der Waals surface area contributed by atoms with E-state index < -0.39 is 6.17 Å². The van der Waals surface area contributed by atoms with Crippen LogP contribution in [0.2, 0.25) is 0 Å². The number of nitrogens with zero attached hydrogens (tertiary/aromatic N) is 4. The van der Waals surface area contributed by atoms with Crippen LogP contribution in [0.3, 0.4) is 0 Å². The summed E-state index contributed by atoms with van der Waals surface area (Å²) in [6.07, 6.45) is 1.96. The molecule has 0 spiro atoms. The Kier molecular flexibility index (Phi) is 5.90. The molecule has 1 N–H and O–H groups in total. The van der Waals surface area contributed by atoms with E-state index in [0.29, 0.717) is 36.1 Å². The van der Waals surface area contributed by atoms with Crippen LogP contribution in [0.4, 0.5) is 27.5 Å². The topological polar surface area (TPSA) is 85.4 Å². The number of anilines is 4. The van der Waals surface area contributed by atoms with Gasteiger partial charge in [-0.1, -0.05) is 12.1 Å². The summed E-state index contributed by atoms with van der Waals surface area (Å²) in [7, 11) is 0. The lowest BCUT2D eigenvalue weighted by Gasteiger charge is -2.29. The number of rotatable bonds is 6. The maximum absolute atomic E-state index is 13.8. The van der Waals surface area contributed by atoms with E-state index in [4.69, 9.17) is 9.68 Å². The normalized spacial score (nSPS) is 15.2. The van der Waals surface area contributed by atoms with Gasteiger partial charge in [-0.15, -0.1) is 0 Å². The van der Waals surface area contributed by atoms with E-state index in [9.17, 15) is 9.18 Å². The summed E-state index contributed by atoms with van der Waals surface area (Å²) in [6.45, 7) is 3.18. The van der Waals surface area contributed by atoms with Crippen molar-refractivity contribution in [1.29, 1.82) is 5.26 Å². The SMILES string of the molecule is Cc1ccc(N2CCN(c3cccc(F)c3)C2C=O)cc1Nc1ncc(-c2ccc(C#N)cc2)o1. The van der Waals surface area contributed by atoms with Crippen LogP contribution in [0.25, 0.3) is 11.3 Å². The first-order valence-electron chi connectivity index (χ1n) is 11.1. The number of aryl methyl sites for hydroxylation is 1. The Morgan fingerprint density at radius 2 is 1.83 bits per heavy atom. The number of benzene rings is 3. The molecule has 0 aliphatic carbocycles. The minimum absolute atomic E-state index is 0.333. The Bertz CT molecular complexity index is 1410. The van der Waals surface area contributed by atoms with E-state index in [1.54, 1.807) is 30.5 Å². The fourth-order valence-electron chi connectivity index (χ4n) is 4.23. The van der Waals surface area contributed by atoms with Crippen molar-refractivity contribution in [3.05, 3.63) is 89.9 Å². The minimum atomic E-state index is -0.544. The van der Waals surface area contributed by atoms with Gasteiger partial charge in [-0.05, 0) is 67.1 Å². The maximum atomic E-state index is 13.8. The van der Waals surface area contributed by atoms with Crippen molar-refractivity contribution in [1.82, 2.24) is 4.98 Å². The second kappa shape index (κ2) is 9.31. The number of aldehydes is 1. The molecule has 0 bridgehead atoms. The number of halogens is 1. The molecular weight excluding hydrogens is 445 g/mol. The summed E-state index contributed by atoms with van der Waals surface area (Å²) in [5.74, 6) is 0.246. The number of nitrogens with one attached hydrogen (secondary N) is 1. The molecule has 3 aromatic carbocycles. The Labute approximate surface area is 202 Å². The molecule has 1 aliphatic heterocycles. The minimum Gasteiger partial charge on any atom is -0.423 e. The van der Waals surface area contributed by atoms with Crippen molar-refractivity contribution in [2.75, 3.05) is 28.2 Å². The van der Waals surface area contributed by atoms with E-state index in [1.165, 1.54) is 12.1 Å². The summed E-state index contributed by atoms with van der Waals surface area (Å²) < 4.78 is 19.6. The highest BCUT2D eigenvalue weighted by atomic mass is 19.1. The van der Waals surface area contributed by atoms with Gasteiger partial charge in [0.05, 0.1) is 17.8 Å². The molecule has 1 fully saturated rings. The summed E-state index contributed by atoms with van der Waals surface area (Å²) >= 11 is 0. The summed E-state index contributed by atoms with van der Waals surface area (Å²) in [4.78, 5) is 20.3. The number of oxazole rings is 1. The van der Waals surface area contributed by atoms with Crippen molar-refractivity contribution >= 4 is 29.4 Å². The number of hydrogen-bond acceptors (Lipinski definition) is 7. The highest BCUT2D eigenvalue weighted by molar-refractivity contribution is 5.76. The third kappa shape index (κ3) is 4.44. The van der Waals surface area contributed by atoms with Crippen molar-refractivity contribution in [3.8, 4) is 17.4 Å². The average molecular weight is 468 g/mol. The maximum Gasteiger partial charge on any atom is 0.299 e. The molecule has 174 valence electrons. The summed E-state index contributed by atoms with van der Waals surface area (Å²) in [5, 5.41) is 12.2. The number of hydrogen-bond donors (Lipinski definition) is 1. The van der Waals surface area contributed by atoms with Crippen molar-refractivity contribution in [2.24, 2.45) is 0 Å². The van der Waals surface area contributed by atoms with Gasteiger partial charge in [-0.2, -0.15) is 5.26 Å². The number of aromatic nitrogens is 1. The van der Waals surface area contributed by atoms with Crippen LogP contribution in [0.15, 0.2) is 77.3 Å².